The largest absolute Gasteiger partial charge is 0.397 e. The number of nitrogens with one attached hydrogen (secondary N) is 2. The minimum absolute atomic E-state index is 0.461. The van der Waals surface area contributed by atoms with Crippen LogP contribution in [0.2, 0.25) is 5.02 Å². The molecule has 2 aromatic rings. The average molecular weight is 225 g/mol. The molecular weight excluding hydrogens is 216 g/mol. The molecule has 0 saturated heterocycles. The first-order chi connectivity index (χ1) is 7.25. The maximum Gasteiger partial charge on any atom is 0.193 e. The zero-order valence-electron chi connectivity index (χ0n) is 7.74. The lowest BCUT2D eigenvalue weighted by atomic mass is 10.2. The maximum absolute atomic E-state index is 5.77. The van der Waals surface area contributed by atoms with Gasteiger partial charge in [0.2, 0.25) is 0 Å². The van der Waals surface area contributed by atoms with Gasteiger partial charge in [0.15, 0.2) is 5.82 Å². The van der Waals surface area contributed by atoms with Gasteiger partial charge >= 0.3 is 0 Å². The van der Waals surface area contributed by atoms with Gasteiger partial charge < -0.3 is 11.1 Å². The van der Waals surface area contributed by atoms with Crippen molar-refractivity contribution in [1.29, 1.82) is 0 Å². The lowest BCUT2D eigenvalue weighted by Gasteiger charge is -2.06. The molecule has 15 heavy (non-hydrogen) atoms. The number of benzene rings is 1. The first kappa shape index (κ1) is 9.72. The highest BCUT2D eigenvalue weighted by Crippen LogP contribution is 2.22. The summed E-state index contributed by atoms with van der Waals surface area (Å²) in [7, 11) is 0. The van der Waals surface area contributed by atoms with Gasteiger partial charge in [0.25, 0.3) is 0 Å². The molecule has 0 fully saturated rings. The number of aromatic amines is 1. The second-order valence-electron chi connectivity index (χ2n) is 2.91. The monoisotopic (exact) mass is 224 g/mol. The van der Waals surface area contributed by atoms with Crippen molar-refractivity contribution < 1.29 is 0 Å². The van der Waals surface area contributed by atoms with Gasteiger partial charge in [0.05, 0.1) is 17.9 Å². The summed E-state index contributed by atoms with van der Waals surface area (Å²) in [6.07, 6.45) is 0. The van der Waals surface area contributed by atoms with Crippen molar-refractivity contribution in [2.24, 2.45) is 0 Å². The van der Waals surface area contributed by atoms with Gasteiger partial charge in [-0.15, -0.1) is 10.2 Å². The highest BCUT2D eigenvalue weighted by Gasteiger charge is 2.01. The van der Waals surface area contributed by atoms with Gasteiger partial charge in [0.1, 0.15) is 0 Å². The summed E-state index contributed by atoms with van der Waals surface area (Å²) in [5.41, 5.74) is 7.13. The molecule has 2 rings (SSSR count). The van der Waals surface area contributed by atoms with Crippen molar-refractivity contribution >= 4 is 23.0 Å². The van der Waals surface area contributed by atoms with Crippen molar-refractivity contribution in [3.8, 4) is 0 Å². The zero-order chi connectivity index (χ0) is 10.7. The van der Waals surface area contributed by atoms with Crippen molar-refractivity contribution in [3.63, 3.8) is 0 Å². The Balaban J connectivity index is 2.05. The number of nitrogens with zero attached hydrogens (tertiary/aromatic N) is 3. The first-order valence-corrected chi connectivity index (χ1v) is 4.65. The van der Waals surface area contributed by atoms with Crippen LogP contribution >= 0.6 is 11.6 Å². The molecule has 0 aliphatic carbocycles. The molecule has 0 radical (unpaired) electrons. The number of hydrogen-bond acceptors (Lipinski definition) is 5. The standard InChI is InChI=1S/C8H9ClN6/c9-5-1-2-7(6(10)3-5)11-4-8-12-14-15-13-8/h1-3,11H,4,10H2,(H,12,13,14,15). The van der Waals surface area contributed by atoms with E-state index in [4.69, 9.17) is 17.3 Å². The summed E-state index contributed by atoms with van der Waals surface area (Å²) in [5, 5.41) is 17.1. The van der Waals surface area contributed by atoms with Crippen molar-refractivity contribution in [3.05, 3.63) is 29.0 Å². The molecule has 0 aliphatic rings. The number of H-pyrrole nitrogens is 1. The molecule has 1 aromatic heterocycles. The Bertz CT molecular complexity index is 440. The molecule has 4 N–H and O–H groups in total. The SMILES string of the molecule is Nc1cc(Cl)ccc1NCc1nn[nH]n1. The number of anilines is 2. The fourth-order valence-electron chi connectivity index (χ4n) is 1.13. The summed E-state index contributed by atoms with van der Waals surface area (Å²) in [4.78, 5) is 0. The van der Waals surface area contributed by atoms with Gasteiger partial charge in [-0.3, -0.25) is 0 Å². The van der Waals surface area contributed by atoms with Gasteiger partial charge in [-0.1, -0.05) is 16.8 Å². The minimum Gasteiger partial charge on any atom is -0.397 e. The number of tetrazole rings is 1. The summed E-state index contributed by atoms with van der Waals surface area (Å²) >= 11 is 5.77. The highest BCUT2D eigenvalue weighted by molar-refractivity contribution is 6.31. The summed E-state index contributed by atoms with van der Waals surface area (Å²) in [6, 6.07) is 5.24. The van der Waals surface area contributed by atoms with E-state index in [-0.39, 0.29) is 0 Å². The third-order valence-corrected chi connectivity index (χ3v) is 2.07. The van der Waals surface area contributed by atoms with Crippen molar-refractivity contribution in [1.82, 2.24) is 20.6 Å². The van der Waals surface area contributed by atoms with E-state index in [0.29, 0.717) is 23.1 Å². The van der Waals surface area contributed by atoms with Crippen molar-refractivity contribution in [2.45, 2.75) is 6.54 Å². The van der Waals surface area contributed by atoms with Crippen LogP contribution in [-0.2, 0) is 6.54 Å². The lowest BCUT2D eigenvalue weighted by Crippen LogP contribution is -2.03. The summed E-state index contributed by atoms with van der Waals surface area (Å²) in [6.45, 7) is 0.461. The second-order valence-corrected chi connectivity index (χ2v) is 3.35. The number of nitrogen functional groups attached to an aromatic ring is 1. The predicted octanol–water partition coefficient (Wildman–Crippen LogP) is 1.05. The van der Waals surface area contributed by atoms with Crippen LogP contribution < -0.4 is 11.1 Å². The van der Waals surface area contributed by atoms with Crippen LogP contribution in [0.5, 0.6) is 0 Å². The normalized spacial score (nSPS) is 10.2. The Hall–Kier alpha value is -1.82. The fraction of sp³-hybridized carbons (Fsp3) is 0.125. The Kier molecular flexibility index (Phi) is 2.68. The second kappa shape index (κ2) is 4.14. The molecule has 0 saturated carbocycles. The third-order valence-electron chi connectivity index (χ3n) is 1.84. The number of hydrogen-bond donors (Lipinski definition) is 3. The molecule has 0 amide bonds. The zero-order valence-corrected chi connectivity index (χ0v) is 8.49. The molecule has 1 heterocycles. The highest BCUT2D eigenvalue weighted by atomic mass is 35.5. The number of rotatable bonds is 3. The molecule has 78 valence electrons. The average Bonchev–Trinajstić information content (AvgIpc) is 2.69. The van der Waals surface area contributed by atoms with E-state index in [0.717, 1.165) is 5.69 Å². The van der Waals surface area contributed by atoms with Crippen LogP contribution in [0.4, 0.5) is 11.4 Å². The van der Waals surface area contributed by atoms with Crippen LogP contribution in [0.25, 0.3) is 0 Å². The molecule has 7 heteroatoms. The fourth-order valence-corrected chi connectivity index (χ4v) is 1.31. The Morgan fingerprint density at radius 3 is 3.00 bits per heavy atom. The topological polar surface area (TPSA) is 92.5 Å². The summed E-state index contributed by atoms with van der Waals surface area (Å²) < 4.78 is 0. The van der Waals surface area contributed by atoms with E-state index in [1.54, 1.807) is 18.2 Å². The quantitative estimate of drug-likeness (QED) is 0.678. The Morgan fingerprint density at radius 2 is 2.33 bits per heavy atom. The van der Waals surface area contributed by atoms with E-state index in [1.807, 2.05) is 0 Å². The Labute approximate surface area is 90.8 Å². The number of nitrogens with two attached hydrogens (primary N) is 1. The molecular formula is C8H9ClN6. The van der Waals surface area contributed by atoms with Gasteiger partial charge in [0, 0.05) is 5.02 Å². The Morgan fingerprint density at radius 1 is 1.47 bits per heavy atom. The van der Waals surface area contributed by atoms with Crippen LogP contribution in [0.3, 0.4) is 0 Å². The van der Waals surface area contributed by atoms with Gasteiger partial charge in [-0.05, 0) is 18.2 Å². The summed E-state index contributed by atoms with van der Waals surface area (Å²) in [5.74, 6) is 0.573. The van der Waals surface area contributed by atoms with E-state index in [1.165, 1.54) is 0 Å². The van der Waals surface area contributed by atoms with Crippen LogP contribution in [0.15, 0.2) is 18.2 Å². The van der Waals surface area contributed by atoms with E-state index in [9.17, 15) is 0 Å². The van der Waals surface area contributed by atoms with E-state index < -0.39 is 0 Å². The predicted molar refractivity (Wildman–Crippen MR) is 57.4 cm³/mol. The molecule has 0 spiro atoms. The van der Waals surface area contributed by atoms with E-state index >= 15 is 0 Å². The van der Waals surface area contributed by atoms with Crippen LogP contribution in [-0.4, -0.2) is 20.6 Å². The first-order valence-electron chi connectivity index (χ1n) is 4.27. The smallest absolute Gasteiger partial charge is 0.193 e. The molecule has 0 atom stereocenters. The van der Waals surface area contributed by atoms with Crippen LogP contribution in [0, 0.1) is 0 Å². The van der Waals surface area contributed by atoms with E-state index in [2.05, 4.69) is 25.9 Å². The minimum atomic E-state index is 0.461. The molecule has 0 bridgehead atoms. The molecule has 1 aromatic carbocycles. The number of aromatic nitrogens is 4. The molecule has 0 aliphatic heterocycles. The number of halogens is 1. The van der Waals surface area contributed by atoms with Crippen molar-refractivity contribution in [2.75, 3.05) is 11.1 Å². The third kappa shape index (κ3) is 2.35. The van der Waals surface area contributed by atoms with Gasteiger partial charge in [-0.2, -0.15) is 5.21 Å². The molecule has 6 nitrogen and oxygen atoms in total. The van der Waals surface area contributed by atoms with Gasteiger partial charge in [-0.25, -0.2) is 0 Å². The van der Waals surface area contributed by atoms with Crippen LogP contribution in [0.1, 0.15) is 5.82 Å². The molecule has 0 unspecified atom stereocenters. The lowest BCUT2D eigenvalue weighted by molar-refractivity contribution is 0.881. The maximum atomic E-state index is 5.77.